The van der Waals surface area contributed by atoms with Crippen LogP contribution in [0, 0.1) is 0 Å². The molecule has 0 spiro atoms. The predicted octanol–water partition coefficient (Wildman–Crippen LogP) is 3.34. The number of para-hydroxylation sites is 2. The van der Waals surface area contributed by atoms with Crippen LogP contribution in [0.15, 0.2) is 48.5 Å². The van der Waals surface area contributed by atoms with Gasteiger partial charge in [0.15, 0.2) is 0 Å². The lowest BCUT2D eigenvalue weighted by Gasteiger charge is -2.38. The van der Waals surface area contributed by atoms with E-state index in [1.54, 1.807) is 17.0 Å². The Kier molecular flexibility index (Phi) is 3.01. The molecule has 0 saturated carbocycles. The van der Waals surface area contributed by atoms with Gasteiger partial charge in [-0.2, -0.15) is 0 Å². The molecule has 1 atom stereocenters. The average molecular weight is 306 g/mol. The van der Waals surface area contributed by atoms with Crippen molar-refractivity contribution in [1.82, 2.24) is 0 Å². The van der Waals surface area contributed by atoms with E-state index in [9.17, 15) is 9.59 Å². The van der Waals surface area contributed by atoms with E-state index in [1.165, 1.54) is 0 Å². The largest absolute Gasteiger partial charge is 0.382 e. The molecule has 1 N–H and O–H groups in total. The van der Waals surface area contributed by atoms with Gasteiger partial charge in [-0.15, -0.1) is 0 Å². The van der Waals surface area contributed by atoms with Crippen LogP contribution < -0.4 is 10.2 Å². The molecular formula is C19H18N2O2. The summed E-state index contributed by atoms with van der Waals surface area (Å²) in [7, 11) is 0. The van der Waals surface area contributed by atoms with Gasteiger partial charge in [-0.3, -0.25) is 14.5 Å². The Hall–Kier alpha value is -2.62. The molecule has 2 aromatic rings. The highest BCUT2D eigenvalue weighted by Crippen LogP contribution is 2.47. The molecule has 1 amide bonds. The lowest BCUT2D eigenvalue weighted by atomic mass is 9.85. The summed E-state index contributed by atoms with van der Waals surface area (Å²) in [5.41, 5.74) is 2.89. The van der Waals surface area contributed by atoms with Gasteiger partial charge in [-0.25, -0.2) is 0 Å². The maximum absolute atomic E-state index is 12.8. The molecule has 23 heavy (non-hydrogen) atoms. The molecular weight excluding hydrogens is 288 g/mol. The molecule has 0 aromatic heterocycles. The van der Waals surface area contributed by atoms with Gasteiger partial charge in [0.05, 0.1) is 16.8 Å². The van der Waals surface area contributed by atoms with E-state index < -0.39 is 17.2 Å². The van der Waals surface area contributed by atoms with Gasteiger partial charge in [0, 0.05) is 17.8 Å². The highest BCUT2D eigenvalue weighted by Gasteiger charge is 2.51. The second-order valence-electron chi connectivity index (χ2n) is 6.17. The number of nitrogens with one attached hydrogen (secondary N) is 1. The number of anilines is 2. The van der Waals surface area contributed by atoms with Gasteiger partial charge >= 0.3 is 0 Å². The number of Topliss-reactive ketones (excluding diaryl/α,β-unsaturated/α-hetero) is 1. The number of ketones is 1. The van der Waals surface area contributed by atoms with E-state index in [2.05, 4.69) is 18.3 Å². The topological polar surface area (TPSA) is 49.4 Å². The Bertz CT molecular complexity index is 811. The SMILES string of the molecule is CCCC1(N2C(=O)C(=O)c3ccccc32)CNc2ccccc21. The number of benzene rings is 2. The fraction of sp³-hybridized carbons (Fsp3) is 0.263. The van der Waals surface area contributed by atoms with E-state index >= 15 is 0 Å². The molecule has 4 nitrogen and oxygen atoms in total. The number of carbonyl (C=O) groups excluding carboxylic acids is 2. The van der Waals surface area contributed by atoms with Crippen molar-refractivity contribution in [2.45, 2.75) is 25.3 Å². The minimum absolute atomic E-state index is 0.402. The van der Waals surface area contributed by atoms with Gasteiger partial charge in [0.25, 0.3) is 11.7 Å². The minimum Gasteiger partial charge on any atom is -0.382 e. The molecule has 2 aliphatic rings. The van der Waals surface area contributed by atoms with E-state index in [1.807, 2.05) is 30.3 Å². The van der Waals surface area contributed by atoms with Crippen LogP contribution in [0.3, 0.4) is 0 Å². The van der Waals surface area contributed by atoms with Crippen molar-refractivity contribution in [3.05, 3.63) is 59.7 Å². The number of rotatable bonds is 3. The van der Waals surface area contributed by atoms with Crippen LogP contribution in [0.2, 0.25) is 0 Å². The van der Waals surface area contributed by atoms with Crippen LogP contribution in [-0.4, -0.2) is 18.2 Å². The maximum atomic E-state index is 12.8. The van der Waals surface area contributed by atoms with E-state index in [-0.39, 0.29) is 0 Å². The van der Waals surface area contributed by atoms with Crippen LogP contribution in [0.4, 0.5) is 11.4 Å². The standard InChI is InChI=1S/C19H18N2O2/c1-2-11-19(12-20-15-9-5-4-8-14(15)19)21-16-10-6-3-7-13(16)17(22)18(21)23/h3-10,20H,2,11-12H2,1H3. The fourth-order valence-electron chi connectivity index (χ4n) is 3.94. The van der Waals surface area contributed by atoms with E-state index in [4.69, 9.17) is 0 Å². The lowest BCUT2D eigenvalue weighted by molar-refractivity contribution is -0.115. The van der Waals surface area contributed by atoms with Crippen molar-refractivity contribution in [3.8, 4) is 0 Å². The molecule has 0 saturated heterocycles. The molecule has 0 fully saturated rings. The van der Waals surface area contributed by atoms with Gasteiger partial charge in [0.1, 0.15) is 0 Å². The summed E-state index contributed by atoms with van der Waals surface area (Å²) in [4.78, 5) is 26.9. The second-order valence-corrected chi connectivity index (χ2v) is 6.17. The Morgan fingerprint density at radius 3 is 2.65 bits per heavy atom. The number of carbonyl (C=O) groups is 2. The van der Waals surface area contributed by atoms with Gasteiger partial charge in [-0.05, 0) is 24.6 Å². The maximum Gasteiger partial charge on any atom is 0.300 e. The van der Waals surface area contributed by atoms with Crippen LogP contribution in [0.25, 0.3) is 0 Å². The number of hydrogen-bond donors (Lipinski definition) is 1. The zero-order valence-corrected chi connectivity index (χ0v) is 13.0. The number of nitrogens with zero attached hydrogens (tertiary/aromatic N) is 1. The van der Waals surface area contributed by atoms with Crippen molar-refractivity contribution in [1.29, 1.82) is 0 Å². The van der Waals surface area contributed by atoms with Crippen molar-refractivity contribution < 1.29 is 9.59 Å². The number of fused-ring (bicyclic) bond motifs is 2. The molecule has 0 aliphatic carbocycles. The van der Waals surface area contributed by atoms with Crippen molar-refractivity contribution >= 4 is 23.1 Å². The first-order valence-corrected chi connectivity index (χ1v) is 8.00. The predicted molar refractivity (Wildman–Crippen MR) is 89.8 cm³/mol. The average Bonchev–Trinajstić information content (AvgIpc) is 3.06. The first-order chi connectivity index (χ1) is 11.2. The van der Waals surface area contributed by atoms with Crippen LogP contribution in [0.1, 0.15) is 35.7 Å². The molecule has 4 heteroatoms. The second kappa shape index (κ2) is 4.95. The van der Waals surface area contributed by atoms with Gasteiger partial charge < -0.3 is 5.32 Å². The van der Waals surface area contributed by atoms with E-state index in [0.717, 1.165) is 29.8 Å². The molecule has 0 radical (unpaired) electrons. The van der Waals surface area contributed by atoms with Crippen LogP contribution in [-0.2, 0) is 10.3 Å². The van der Waals surface area contributed by atoms with Crippen molar-refractivity contribution in [2.24, 2.45) is 0 Å². The molecule has 2 aliphatic heterocycles. The Balaban J connectivity index is 1.94. The van der Waals surface area contributed by atoms with Gasteiger partial charge in [-0.1, -0.05) is 43.7 Å². The summed E-state index contributed by atoms with van der Waals surface area (Å²) in [5, 5.41) is 3.41. The zero-order valence-electron chi connectivity index (χ0n) is 13.0. The Morgan fingerprint density at radius 2 is 1.83 bits per heavy atom. The smallest absolute Gasteiger partial charge is 0.300 e. The van der Waals surface area contributed by atoms with Gasteiger partial charge in [0.2, 0.25) is 0 Å². The highest BCUT2D eigenvalue weighted by atomic mass is 16.2. The summed E-state index contributed by atoms with van der Waals surface area (Å²) >= 11 is 0. The molecule has 116 valence electrons. The first-order valence-electron chi connectivity index (χ1n) is 8.00. The zero-order chi connectivity index (χ0) is 16.0. The number of amides is 1. The highest BCUT2D eigenvalue weighted by molar-refractivity contribution is 6.52. The monoisotopic (exact) mass is 306 g/mol. The Labute approximate surface area is 135 Å². The third kappa shape index (κ3) is 1.78. The first kappa shape index (κ1) is 14.0. The minimum atomic E-state index is -0.495. The third-order valence-corrected chi connectivity index (χ3v) is 4.88. The lowest BCUT2D eigenvalue weighted by Crippen LogP contribution is -2.50. The summed E-state index contributed by atoms with van der Waals surface area (Å²) in [6, 6.07) is 15.4. The molecule has 4 rings (SSSR count). The van der Waals surface area contributed by atoms with Crippen molar-refractivity contribution in [2.75, 3.05) is 16.8 Å². The molecule has 1 unspecified atom stereocenters. The van der Waals surface area contributed by atoms with E-state index in [0.29, 0.717) is 12.1 Å². The van der Waals surface area contributed by atoms with Crippen molar-refractivity contribution in [3.63, 3.8) is 0 Å². The normalized spacial score (nSPS) is 22.0. The summed E-state index contributed by atoms with van der Waals surface area (Å²) < 4.78 is 0. The van der Waals surface area contributed by atoms with Crippen LogP contribution >= 0.6 is 0 Å². The van der Waals surface area contributed by atoms with Crippen LogP contribution in [0.5, 0.6) is 0 Å². The molecule has 0 bridgehead atoms. The number of hydrogen-bond acceptors (Lipinski definition) is 3. The summed E-state index contributed by atoms with van der Waals surface area (Å²) in [6.45, 7) is 2.74. The quantitative estimate of drug-likeness (QED) is 0.885. The fourth-order valence-corrected chi connectivity index (χ4v) is 3.94. The third-order valence-electron chi connectivity index (χ3n) is 4.88. The molecule has 2 aromatic carbocycles. The Morgan fingerprint density at radius 1 is 1.09 bits per heavy atom. The molecule has 2 heterocycles. The summed E-state index contributed by atoms with van der Waals surface area (Å²) in [6.07, 6.45) is 1.74. The summed E-state index contributed by atoms with van der Waals surface area (Å²) in [5.74, 6) is -0.821.